The number of benzene rings is 2. The van der Waals surface area contributed by atoms with Gasteiger partial charge < -0.3 is 14.6 Å². The van der Waals surface area contributed by atoms with Gasteiger partial charge in [-0.2, -0.15) is 0 Å². The molecule has 0 spiro atoms. The number of rotatable bonds is 8. The second-order valence-electron chi connectivity index (χ2n) is 9.05. The van der Waals surface area contributed by atoms with E-state index < -0.39 is 15.4 Å². The highest BCUT2D eigenvalue weighted by atomic mass is 32.2. The second kappa shape index (κ2) is 10.6. The van der Waals surface area contributed by atoms with Crippen LogP contribution in [0.15, 0.2) is 83.2 Å². The number of fused-ring (bicyclic) bond motifs is 2. The van der Waals surface area contributed by atoms with Crippen LogP contribution in [-0.2, 0) is 20.3 Å². The van der Waals surface area contributed by atoms with Crippen LogP contribution in [0.3, 0.4) is 0 Å². The molecule has 8 nitrogen and oxygen atoms in total. The maximum Gasteiger partial charge on any atom is 0.241 e. The van der Waals surface area contributed by atoms with Gasteiger partial charge in [0.2, 0.25) is 10.0 Å². The highest BCUT2D eigenvalue weighted by Gasteiger charge is 2.44. The molecule has 1 unspecified atom stereocenters. The Hall–Kier alpha value is -3.34. The van der Waals surface area contributed by atoms with Crippen molar-refractivity contribution in [3.05, 3.63) is 78.8 Å². The minimum atomic E-state index is -3.71. The molecule has 5 rings (SSSR count). The molecule has 1 atom stereocenters. The topological polar surface area (TPSA) is 97.1 Å². The van der Waals surface area contributed by atoms with Gasteiger partial charge in [-0.1, -0.05) is 66.3 Å². The Morgan fingerprint density at radius 1 is 1.16 bits per heavy atom. The number of hydrogen-bond acceptors (Lipinski definition) is 6. The maximum absolute atomic E-state index is 13.0. The Morgan fingerprint density at radius 3 is 2.86 bits per heavy atom. The molecule has 0 saturated heterocycles. The minimum absolute atomic E-state index is 0.0901. The monoisotopic (exact) mass is 535 g/mol. The van der Waals surface area contributed by atoms with Gasteiger partial charge >= 0.3 is 0 Å². The predicted octanol–water partition coefficient (Wildman–Crippen LogP) is 4.20. The second-order valence-corrected chi connectivity index (χ2v) is 11.2. The van der Waals surface area contributed by atoms with Crippen molar-refractivity contribution in [1.82, 2.24) is 19.4 Å². The zero-order valence-electron chi connectivity index (χ0n) is 20.6. The van der Waals surface area contributed by atoms with E-state index in [1.54, 1.807) is 24.4 Å². The number of hydrogen-bond donors (Lipinski definition) is 2. The fraction of sp³-hybridized carbons (Fsp3) is 0.296. The number of likely N-dealkylation sites (N-methyl/N-ethyl adjacent to an activating group) is 1. The van der Waals surface area contributed by atoms with Gasteiger partial charge in [-0.3, -0.25) is 0 Å². The van der Waals surface area contributed by atoms with E-state index in [-0.39, 0.29) is 18.0 Å². The zero-order valence-corrected chi connectivity index (χ0v) is 22.2. The molecule has 1 aliphatic carbocycles. The third-order valence-corrected chi connectivity index (χ3v) is 8.98. The molecule has 0 aliphatic heterocycles. The van der Waals surface area contributed by atoms with E-state index in [4.69, 9.17) is 17.1 Å². The maximum atomic E-state index is 13.0. The number of pyridine rings is 1. The van der Waals surface area contributed by atoms with E-state index in [2.05, 4.69) is 20.2 Å². The van der Waals surface area contributed by atoms with Crippen LogP contribution in [0, 0.1) is 0 Å². The van der Waals surface area contributed by atoms with Gasteiger partial charge in [-0.25, -0.2) is 18.1 Å². The van der Waals surface area contributed by atoms with Crippen LogP contribution in [0.2, 0.25) is 0 Å². The minimum Gasteiger partial charge on any atom is -0.394 e. The van der Waals surface area contributed by atoms with E-state index in [0.29, 0.717) is 10.4 Å². The Kier molecular flexibility index (Phi) is 7.23. The summed E-state index contributed by atoms with van der Waals surface area (Å²) in [4.78, 5) is 11.0. The largest absolute Gasteiger partial charge is 0.394 e. The van der Waals surface area contributed by atoms with Crippen molar-refractivity contribution < 1.29 is 13.3 Å². The molecule has 0 bridgehead atoms. The van der Waals surface area contributed by atoms with Crippen molar-refractivity contribution in [3.63, 3.8) is 0 Å². The number of aromatic nitrogens is 2. The van der Waals surface area contributed by atoms with E-state index in [1.165, 1.54) is 0 Å². The Bertz CT molecular complexity index is 1580. The first-order valence-corrected chi connectivity index (χ1v) is 14.2. The van der Waals surface area contributed by atoms with Gasteiger partial charge in [0.15, 0.2) is 0 Å². The lowest BCUT2D eigenvalue weighted by atomic mass is 9.68. The van der Waals surface area contributed by atoms with Crippen LogP contribution in [0.5, 0.6) is 0 Å². The number of nitrogens with zero attached hydrogens (tertiary/aromatic N) is 3. The summed E-state index contributed by atoms with van der Waals surface area (Å²) in [7, 11) is -1.88. The summed E-state index contributed by atoms with van der Waals surface area (Å²) in [5.74, 6) is 0. The van der Waals surface area contributed by atoms with Crippen LogP contribution in [0.25, 0.3) is 16.4 Å². The normalized spacial score (nSPS) is 19.3. The summed E-state index contributed by atoms with van der Waals surface area (Å²) in [6, 6.07) is 16.7. The fourth-order valence-electron chi connectivity index (χ4n) is 5.09. The van der Waals surface area contributed by atoms with E-state index in [0.717, 1.165) is 48.0 Å². The van der Waals surface area contributed by atoms with Gasteiger partial charge in [0, 0.05) is 37.6 Å². The smallest absolute Gasteiger partial charge is 0.241 e. The standard InChI is InChI=1S/C27H29N5O3S2/c1-28-26(36)27(21-12-13-25-29-15-17-32(25)19-21)14-5-4-11-24(27)31-35-18-16-30-37(33,34)23-10-6-8-20-7-2-3-9-22(20)23/h2-3,6-10,12-13,15,17,19,30H,4-5,11,14,16,18H2,1H3,(H,28,36). The molecule has 2 aromatic heterocycles. The van der Waals surface area contributed by atoms with Crippen LogP contribution < -0.4 is 10.0 Å². The van der Waals surface area contributed by atoms with Crippen molar-refractivity contribution in [3.8, 4) is 0 Å². The van der Waals surface area contributed by atoms with Gasteiger partial charge in [-0.15, -0.1) is 0 Å². The molecule has 0 radical (unpaired) electrons. The van der Waals surface area contributed by atoms with Crippen LogP contribution >= 0.6 is 12.2 Å². The third kappa shape index (κ3) is 4.84. The molecule has 1 saturated carbocycles. The summed E-state index contributed by atoms with van der Waals surface area (Å²) in [5.41, 5.74) is 2.13. The molecule has 2 aromatic carbocycles. The molecule has 192 valence electrons. The highest BCUT2D eigenvalue weighted by Crippen LogP contribution is 2.39. The van der Waals surface area contributed by atoms with E-state index in [1.807, 2.05) is 60.2 Å². The molecular weight excluding hydrogens is 506 g/mol. The summed E-state index contributed by atoms with van der Waals surface area (Å²) < 4.78 is 30.6. The summed E-state index contributed by atoms with van der Waals surface area (Å²) in [6.45, 7) is 0.184. The first-order chi connectivity index (χ1) is 18.0. The molecule has 1 aliphatic rings. The third-order valence-electron chi connectivity index (χ3n) is 6.90. The lowest BCUT2D eigenvalue weighted by molar-refractivity contribution is 0.146. The average Bonchev–Trinajstić information content (AvgIpc) is 3.40. The quantitative estimate of drug-likeness (QED) is 0.199. The lowest BCUT2D eigenvalue weighted by Crippen LogP contribution is -2.50. The first kappa shape index (κ1) is 25.3. The molecule has 37 heavy (non-hydrogen) atoms. The molecule has 2 N–H and O–H groups in total. The van der Waals surface area contributed by atoms with Gasteiger partial charge in [0.1, 0.15) is 12.3 Å². The fourth-order valence-corrected chi connectivity index (χ4v) is 6.67. The van der Waals surface area contributed by atoms with Gasteiger partial charge in [0.05, 0.1) is 21.0 Å². The zero-order chi connectivity index (χ0) is 25.9. The van der Waals surface area contributed by atoms with Gasteiger partial charge in [0.25, 0.3) is 0 Å². The average molecular weight is 536 g/mol. The van der Waals surface area contributed by atoms with Crippen LogP contribution in [0.4, 0.5) is 0 Å². The van der Waals surface area contributed by atoms with Crippen LogP contribution in [0.1, 0.15) is 31.2 Å². The van der Waals surface area contributed by atoms with Gasteiger partial charge in [-0.05, 0) is 42.3 Å². The lowest BCUT2D eigenvalue weighted by Gasteiger charge is -2.38. The predicted molar refractivity (Wildman–Crippen MR) is 150 cm³/mol. The Balaban J connectivity index is 1.33. The number of oxime groups is 1. The summed E-state index contributed by atoms with van der Waals surface area (Å²) in [5, 5.41) is 9.25. The van der Waals surface area contributed by atoms with Crippen molar-refractivity contribution in [1.29, 1.82) is 0 Å². The van der Waals surface area contributed by atoms with E-state index >= 15 is 0 Å². The first-order valence-electron chi connectivity index (χ1n) is 12.3. The highest BCUT2D eigenvalue weighted by molar-refractivity contribution is 7.89. The summed E-state index contributed by atoms with van der Waals surface area (Å²) in [6.07, 6.45) is 9.26. The Labute approximate surface area is 221 Å². The Morgan fingerprint density at radius 2 is 2.00 bits per heavy atom. The van der Waals surface area contributed by atoms with Crippen molar-refractivity contribution in [2.75, 3.05) is 20.2 Å². The van der Waals surface area contributed by atoms with E-state index in [9.17, 15) is 8.42 Å². The molecule has 10 heteroatoms. The molecule has 1 fully saturated rings. The van der Waals surface area contributed by atoms with Crippen molar-refractivity contribution >= 4 is 49.4 Å². The van der Waals surface area contributed by atoms with Crippen LogP contribution in [-0.4, -0.2) is 48.7 Å². The molecule has 4 aromatic rings. The number of thiocarbonyl (C=S) groups is 1. The van der Waals surface area contributed by atoms with Crippen molar-refractivity contribution in [2.24, 2.45) is 5.16 Å². The number of imidazole rings is 1. The molecule has 2 heterocycles. The van der Waals surface area contributed by atoms with Crippen molar-refractivity contribution in [2.45, 2.75) is 36.0 Å². The number of nitrogens with one attached hydrogen (secondary N) is 2. The molecule has 0 amide bonds. The summed E-state index contributed by atoms with van der Waals surface area (Å²) >= 11 is 5.83. The molecular formula is C27H29N5O3S2. The SMILES string of the molecule is CNC(=S)C1(c2ccc3nccn3c2)CCCCC1=NOCCNS(=O)(=O)c1cccc2ccccc12. The number of sulfonamides is 1.